The monoisotopic (exact) mass is 387 g/mol. The van der Waals surface area contributed by atoms with Gasteiger partial charge in [-0.05, 0) is 58.5 Å². The quantitative estimate of drug-likeness (QED) is 0.809. The van der Waals surface area contributed by atoms with E-state index in [1.165, 1.54) is 34.1 Å². The van der Waals surface area contributed by atoms with Crippen molar-refractivity contribution in [2.45, 2.75) is 44.2 Å². The summed E-state index contributed by atoms with van der Waals surface area (Å²) < 4.78 is 3.44. The van der Waals surface area contributed by atoms with Crippen molar-refractivity contribution in [2.75, 3.05) is 0 Å². The summed E-state index contributed by atoms with van der Waals surface area (Å²) in [7, 11) is 0. The molecule has 0 saturated heterocycles. The van der Waals surface area contributed by atoms with E-state index < -0.39 is 0 Å². The first-order chi connectivity index (χ1) is 9.22. The molecule has 102 valence electrons. The minimum Gasteiger partial charge on any atom is -0.324 e. The summed E-state index contributed by atoms with van der Waals surface area (Å²) in [6.45, 7) is 0. The maximum atomic E-state index is 6.26. The van der Waals surface area contributed by atoms with E-state index in [1.54, 1.807) is 11.3 Å². The van der Waals surface area contributed by atoms with E-state index in [1.807, 2.05) is 0 Å². The molecule has 0 aliphatic heterocycles. The highest BCUT2D eigenvalue weighted by Gasteiger charge is 2.18. The molecule has 1 saturated carbocycles. The molecule has 1 aliphatic carbocycles. The van der Waals surface area contributed by atoms with Crippen molar-refractivity contribution < 1.29 is 0 Å². The molecule has 19 heavy (non-hydrogen) atoms. The van der Waals surface area contributed by atoms with E-state index in [4.69, 9.17) is 10.8 Å². The lowest BCUT2D eigenvalue weighted by molar-refractivity contribution is 0.461. The Morgan fingerprint density at radius 2 is 2.26 bits per heavy atom. The predicted molar refractivity (Wildman–Crippen MR) is 87.4 cm³/mol. The molecule has 3 rings (SSSR count). The number of halogens is 1. The fourth-order valence-electron chi connectivity index (χ4n) is 2.72. The first kappa shape index (κ1) is 13.6. The van der Waals surface area contributed by atoms with Gasteiger partial charge in [0.2, 0.25) is 0 Å². The van der Waals surface area contributed by atoms with Crippen LogP contribution in [0.3, 0.4) is 0 Å². The molecular formula is C14H18IN3S. The van der Waals surface area contributed by atoms with Gasteiger partial charge in [0.25, 0.3) is 0 Å². The Kier molecular flexibility index (Phi) is 4.24. The lowest BCUT2D eigenvalue weighted by Crippen LogP contribution is -2.13. The van der Waals surface area contributed by atoms with E-state index in [2.05, 4.69) is 51.0 Å². The summed E-state index contributed by atoms with van der Waals surface area (Å²) in [4.78, 5) is 0. The number of aromatic nitrogens is 2. The summed E-state index contributed by atoms with van der Waals surface area (Å²) in [5.41, 5.74) is 8.60. The summed E-state index contributed by atoms with van der Waals surface area (Å²) >= 11 is 4.09. The molecule has 0 amide bonds. The average Bonchev–Trinajstić information content (AvgIpc) is 3.07. The highest BCUT2D eigenvalue weighted by Crippen LogP contribution is 2.29. The van der Waals surface area contributed by atoms with Crippen LogP contribution in [0.1, 0.15) is 49.0 Å². The Labute approximate surface area is 131 Å². The normalized spacial score (nSPS) is 18.0. The number of hydrogen-bond donors (Lipinski definition) is 1. The van der Waals surface area contributed by atoms with Gasteiger partial charge >= 0.3 is 0 Å². The second kappa shape index (κ2) is 5.93. The van der Waals surface area contributed by atoms with Crippen LogP contribution in [0.25, 0.3) is 0 Å². The lowest BCUT2D eigenvalue weighted by atomic mass is 10.1. The summed E-state index contributed by atoms with van der Waals surface area (Å²) in [5, 5.41) is 6.86. The van der Waals surface area contributed by atoms with Crippen LogP contribution in [-0.4, -0.2) is 9.78 Å². The molecule has 1 unspecified atom stereocenters. The van der Waals surface area contributed by atoms with Gasteiger partial charge in [0.05, 0.1) is 14.6 Å². The second-order valence-corrected chi connectivity index (χ2v) is 8.03. The molecule has 1 atom stereocenters. The molecule has 3 nitrogen and oxygen atoms in total. The zero-order valence-electron chi connectivity index (χ0n) is 10.8. The molecule has 5 heteroatoms. The van der Waals surface area contributed by atoms with Crippen molar-refractivity contribution in [3.05, 3.63) is 37.9 Å². The van der Waals surface area contributed by atoms with Crippen LogP contribution in [-0.2, 0) is 6.42 Å². The number of hydrogen-bond acceptors (Lipinski definition) is 3. The Morgan fingerprint density at radius 1 is 1.47 bits per heavy atom. The first-order valence-corrected chi connectivity index (χ1v) is 8.72. The minimum atomic E-state index is 0.0618. The molecule has 2 aromatic heterocycles. The smallest absolute Gasteiger partial charge is 0.0656 e. The average molecular weight is 387 g/mol. The highest BCUT2D eigenvalue weighted by molar-refractivity contribution is 14.1. The molecular weight excluding hydrogens is 369 g/mol. The molecule has 0 aromatic carbocycles. The van der Waals surface area contributed by atoms with Crippen molar-refractivity contribution in [1.82, 2.24) is 9.78 Å². The van der Waals surface area contributed by atoms with Crippen molar-refractivity contribution in [1.29, 1.82) is 0 Å². The molecule has 2 heterocycles. The van der Waals surface area contributed by atoms with Crippen LogP contribution in [0.4, 0.5) is 0 Å². The largest absolute Gasteiger partial charge is 0.324 e. The Balaban J connectivity index is 1.66. The van der Waals surface area contributed by atoms with Crippen LogP contribution >= 0.6 is 33.9 Å². The lowest BCUT2D eigenvalue weighted by Gasteiger charge is -2.10. The first-order valence-electron chi connectivity index (χ1n) is 6.76. The molecule has 0 spiro atoms. The Bertz CT molecular complexity index is 542. The van der Waals surface area contributed by atoms with Crippen LogP contribution in [0.2, 0.25) is 0 Å². The molecule has 0 radical (unpaired) electrons. The third-order valence-corrected chi connectivity index (χ3v) is 5.61. The number of rotatable bonds is 4. The van der Waals surface area contributed by atoms with Crippen LogP contribution in [0.15, 0.2) is 23.7 Å². The van der Waals surface area contributed by atoms with E-state index in [0.29, 0.717) is 6.04 Å². The maximum Gasteiger partial charge on any atom is 0.0656 e. The molecule has 1 fully saturated rings. The molecule has 0 bridgehead atoms. The van der Waals surface area contributed by atoms with E-state index in [-0.39, 0.29) is 6.04 Å². The van der Waals surface area contributed by atoms with E-state index in [9.17, 15) is 0 Å². The number of thiophene rings is 1. The Morgan fingerprint density at radius 3 is 2.95 bits per heavy atom. The van der Waals surface area contributed by atoms with Gasteiger partial charge in [0, 0.05) is 18.7 Å². The van der Waals surface area contributed by atoms with Crippen LogP contribution in [0.5, 0.6) is 0 Å². The summed E-state index contributed by atoms with van der Waals surface area (Å²) in [6.07, 6.45) is 8.17. The van der Waals surface area contributed by atoms with Crippen molar-refractivity contribution >= 4 is 33.9 Å². The zero-order chi connectivity index (χ0) is 13.2. The van der Waals surface area contributed by atoms with Gasteiger partial charge in [0.1, 0.15) is 0 Å². The highest BCUT2D eigenvalue weighted by atomic mass is 127. The summed E-state index contributed by atoms with van der Waals surface area (Å²) in [5.74, 6) is 0. The van der Waals surface area contributed by atoms with Gasteiger partial charge in [-0.3, -0.25) is 4.68 Å². The van der Waals surface area contributed by atoms with Crippen molar-refractivity contribution in [3.8, 4) is 0 Å². The predicted octanol–water partition coefficient (Wildman–Crippen LogP) is 3.91. The molecule has 2 aromatic rings. The summed E-state index contributed by atoms with van der Waals surface area (Å²) in [6, 6.07) is 4.97. The van der Waals surface area contributed by atoms with Gasteiger partial charge in [-0.15, -0.1) is 11.3 Å². The molecule has 2 N–H and O–H groups in total. The third-order valence-electron chi connectivity index (χ3n) is 3.81. The van der Waals surface area contributed by atoms with Crippen molar-refractivity contribution in [3.63, 3.8) is 0 Å². The van der Waals surface area contributed by atoms with E-state index in [0.717, 1.165) is 12.1 Å². The van der Waals surface area contributed by atoms with Gasteiger partial charge in [0.15, 0.2) is 0 Å². The fourth-order valence-corrected chi connectivity index (χ4v) is 4.16. The van der Waals surface area contributed by atoms with Gasteiger partial charge < -0.3 is 5.73 Å². The number of nitrogens with two attached hydrogens (primary N) is 1. The standard InChI is InChI=1S/C14H18IN3S/c15-14-7-10(9-19-14)13(16)8-11-5-6-18(17-11)12-3-1-2-4-12/h5-7,9,12-13H,1-4,8,16H2. The van der Waals surface area contributed by atoms with E-state index >= 15 is 0 Å². The zero-order valence-corrected chi connectivity index (χ0v) is 13.7. The van der Waals surface area contributed by atoms with Gasteiger partial charge in [-0.1, -0.05) is 12.8 Å². The fraction of sp³-hybridized carbons (Fsp3) is 0.500. The maximum absolute atomic E-state index is 6.26. The van der Waals surface area contributed by atoms with Gasteiger partial charge in [-0.2, -0.15) is 5.10 Å². The second-order valence-electron chi connectivity index (χ2n) is 5.22. The van der Waals surface area contributed by atoms with Crippen LogP contribution in [0, 0.1) is 2.88 Å². The van der Waals surface area contributed by atoms with Crippen molar-refractivity contribution in [2.24, 2.45) is 5.73 Å². The minimum absolute atomic E-state index is 0.0618. The van der Waals surface area contributed by atoms with Gasteiger partial charge in [-0.25, -0.2) is 0 Å². The topological polar surface area (TPSA) is 43.8 Å². The number of nitrogens with zero attached hydrogens (tertiary/aromatic N) is 2. The third kappa shape index (κ3) is 3.20. The Hall–Kier alpha value is -0.400. The molecule has 1 aliphatic rings. The van der Waals surface area contributed by atoms with Crippen LogP contribution < -0.4 is 5.73 Å². The SMILES string of the molecule is NC(Cc1ccn(C2CCCC2)n1)c1csc(I)c1.